The number of benzene rings is 1. The van der Waals surface area contributed by atoms with Gasteiger partial charge in [0.15, 0.2) is 0 Å². The summed E-state index contributed by atoms with van der Waals surface area (Å²) in [6.45, 7) is 3.52. The maximum Gasteiger partial charge on any atom is 0.307 e. The summed E-state index contributed by atoms with van der Waals surface area (Å²) in [6.07, 6.45) is 0.00194. The molecule has 0 saturated carbocycles. The van der Waals surface area contributed by atoms with Crippen molar-refractivity contribution >= 4 is 5.97 Å². The molecule has 0 unspecified atom stereocenters. The second-order valence-electron chi connectivity index (χ2n) is 3.15. The summed E-state index contributed by atoms with van der Waals surface area (Å²) in [5.41, 5.74) is 2.16. The number of aromatic hydroxyl groups is 1. The Bertz CT molecular complexity index is 319. The average molecular weight is 180 g/mol. The lowest BCUT2D eigenvalue weighted by molar-refractivity contribution is -0.136. The van der Waals surface area contributed by atoms with Crippen LogP contribution in [0.2, 0.25) is 0 Å². The molecule has 0 bridgehead atoms. The van der Waals surface area contributed by atoms with Gasteiger partial charge in [-0.15, -0.1) is 0 Å². The summed E-state index contributed by atoms with van der Waals surface area (Å²) < 4.78 is 0. The molecule has 70 valence electrons. The van der Waals surface area contributed by atoms with Gasteiger partial charge in [-0.3, -0.25) is 4.79 Å². The average Bonchev–Trinajstić information content (AvgIpc) is 1.98. The monoisotopic (exact) mass is 180 g/mol. The van der Waals surface area contributed by atoms with E-state index in [4.69, 9.17) is 5.11 Å². The predicted octanol–water partition coefficient (Wildman–Crippen LogP) is 1.64. The maximum atomic E-state index is 10.4. The number of phenols is 1. The molecule has 1 aromatic rings. The zero-order valence-corrected chi connectivity index (χ0v) is 7.66. The number of carbonyl (C=O) groups is 1. The molecule has 1 rings (SSSR count). The van der Waals surface area contributed by atoms with Crippen molar-refractivity contribution in [2.75, 3.05) is 0 Å². The summed E-state index contributed by atoms with van der Waals surface area (Å²) >= 11 is 0. The second-order valence-corrected chi connectivity index (χ2v) is 3.15. The number of aliphatic carboxylic acids is 1. The first-order chi connectivity index (χ1) is 6.00. The summed E-state index contributed by atoms with van der Waals surface area (Å²) in [6, 6.07) is 3.38. The fourth-order valence-electron chi connectivity index (χ4n) is 1.32. The molecule has 13 heavy (non-hydrogen) atoms. The minimum atomic E-state index is -0.857. The maximum absolute atomic E-state index is 10.4. The van der Waals surface area contributed by atoms with Crippen LogP contribution in [-0.2, 0) is 11.2 Å². The van der Waals surface area contributed by atoms with E-state index in [9.17, 15) is 9.90 Å². The van der Waals surface area contributed by atoms with Gasteiger partial charge in [0.1, 0.15) is 5.75 Å². The van der Waals surface area contributed by atoms with Crippen LogP contribution < -0.4 is 0 Å². The molecule has 0 aromatic heterocycles. The van der Waals surface area contributed by atoms with Crippen LogP contribution in [0.4, 0.5) is 0 Å². The number of rotatable bonds is 2. The van der Waals surface area contributed by atoms with Crippen molar-refractivity contribution in [3.05, 3.63) is 28.8 Å². The first-order valence-electron chi connectivity index (χ1n) is 4.01. The highest BCUT2D eigenvalue weighted by atomic mass is 16.4. The van der Waals surface area contributed by atoms with Gasteiger partial charge in [0.2, 0.25) is 0 Å². The Hall–Kier alpha value is -1.51. The number of hydrogen-bond donors (Lipinski definition) is 2. The van der Waals surface area contributed by atoms with E-state index >= 15 is 0 Å². The highest BCUT2D eigenvalue weighted by molar-refractivity contribution is 5.70. The molecule has 0 aliphatic carbocycles. The van der Waals surface area contributed by atoms with Crippen molar-refractivity contribution in [3.8, 4) is 5.75 Å². The Morgan fingerprint density at radius 2 is 1.77 bits per heavy atom. The lowest BCUT2D eigenvalue weighted by Gasteiger charge is -2.05. The Morgan fingerprint density at radius 3 is 2.15 bits per heavy atom. The Labute approximate surface area is 76.6 Å². The molecule has 0 fully saturated rings. The van der Waals surface area contributed by atoms with E-state index in [1.165, 1.54) is 0 Å². The molecule has 3 nitrogen and oxygen atoms in total. The summed E-state index contributed by atoms with van der Waals surface area (Å²) in [7, 11) is 0. The molecule has 0 aliphatic rings. The number of carboxylic acid groups (broad SMARTS) is 1. The van der Waals surface area contributed by atoms with Gasteiger partial charge in [-0.1, -0.05) is 12.1 Å². The van der Waals surface area contributed by atoms with E-state index in [1.807, 2.05) is 0 Å². The third-order valence-electron chi connectivity index (χ3n) is 1.91. The van der Waals surface area contributed by atoms with Crippen LogP contribution in [-0.4, -0.2) is 16.2 Å². The molecule has 0 spiro atoms. The van der Waals surface area contributed by atoms with Crippen LogP contribution in [0.5, 0.6) is 5.75 Å². The predicted molar refractivity (Wildman–Crippen MR) is 48.9 cm³/mol. The lowest BCUT2D eigenvalue weighted by atomic mass is 10.0. The second kappa shape index (κ2) is 3.47. The van der Waals surface area contributed by atoms with Gasteiger partial charge in [0.05, 0.1) is 6.42 Å². The van der Waals surface area contributed by atoms with Crippen LogP contribution >= 0.6 is 0 Å². The highest BCUT2D eigenvalue weighted by Gasteiger charge is 2.05. The lowest BCUT2D eigenvalue weighted by Crippen LogP contribution is -2.00. The molecular formula is C10H12O3. The Morgan fingerprint density at radius 1 is 1.31 bits per heavy atom. The summed E-state index contributed by atoms with van der Waals surface area (Å²) in [4.78, 5) is 10.4. The Balaban J connectivity index is 3.06. The van der Waals surface area contributed by atoms with Crippen LogP contribution in [0, 0.1) is 13.8 Å². The van der Waals surface area contributed by atoms with Crippen LogP contribution in [0.15, 0.2) is 12.1 Å². The van der Waals surface area contributed by atoms with E-state index in [0.29, 0.717) is 0 Å². The van der Waals surface area contributed by atoms with E-state index < -0.39 is 5.97 Å². The molecule has 1 aromatic carbocycles. The number of hydrogen-bond acceptors (Lipinski definition) is 2. The third kappa shape index (κ3) is 2.21. The number of carboxylic acids is 1. The van der Waals surface area contributed by atoms with Gasteiger partial charge >= 0.3 is 5.97 Å². The minimum absolute atomic E-state index is 0.00194. The van der Waals surface area contributed by atoms with Crippen LogP contribution in [0.3, 0.4) is 0 Å². The highest BCUT2D eigenvalue weighted by Crippen LogP contribution is 2.22. The van der Waals surface area contributed by atoms with Crippen LogP contribution in [0.25, 0.3) is 0 Å². The van der Waals surface area contributed by atoms with Gasteiger partial charge in [-0.2, -0.15) is 0 Å². The van der Waals surface area contributed by atoms with E-state index in [2.05, 4.69) is 0 Å². The smallest absolute Gasteiger partial charge is 0.307 e. The number of aryl methyl sites for hydroxylation is 2. The van der Waals surface area contributed by atoms with Crippen molar-refractivity contribution in [2.45, 2.75) is 20.3 Å². The quantitative estimate of drug-likeness (QED) is 0.727. The van der Waals surface area contributed by atoms with E-state index in [1.54, 1.807) is 26.0 Å². The zero-order valence-electron chi connectivity index (χ0n) is 7.66. The van der Waals surface area contributed by atoms with Gasteiger partial charge in [-0.05, 0) is 30.5 Å². The van der Waals surface area contributed by atoms with E-state index in [-0.39, 0.29) is 12.2 Å². The largest absolute Gasteiger partial charge is 0.507 e. The van der Waals surface area contributed by atoms with Gasteiger partial charge in [0.25, 0.3) is 0 Å². The van der Waals surface area contributed by atoms with Gasteiger partial charge in [0, 0.05) is 0 Å². The first kappa shape index (κ1) is 9.58. The SMILES string of the molecule is Cc1cc(CC(=O)O)cc(C)c1O. The summed E-state index contributed by atoms with van der Waals surface area (Å²) in [5, 5.41) is 18.0. The van der Waals surface area contributed by atoms with Crippen molar-refractivity contribution < 1.29 is 15.0 Å². The Kier molecular flexibility index (Phi) is 2.56. The molecule has 3 heteroatoms. The van der Waals surface area contributed by atoms with Gasteiger partial charge in [-0.25, -0.2) is 0 Å². The summed E-state index contributed by atoms with van der Waals surface area (Å²) in [5.74, 6) is -0.612. The molecular weight excluding hydrogens is 168 g/mol. The molecule has 2 N–H and O–H groups in total. The standard InChI is InChI=1S/C10H12O3/c1-6-3-8(5-9(11)12)4-7(2)10(6)13/h3-4,13H,5H2,1-2H3,(H,11,12). The fourth-order valence-corrected chi connectivity index (χ4v) is 1.32. The fraction of sp³-hybridized carbons (Fsp3) is 0.300. The molecule has 0 aliphatic heterocycles. The molecule has 0 saturated heterocycles. The first-order valence-corrected chi connectivity index (χ1v) is 4.01. The van der Waals surface area contributed by atoms with Crippen molar-refractivity contribution in [1.29, 1.82) is 0 Å². The van der Waals surface area contributed by atoms with Gasteiger partial charge < -0.3 is 10.2 Å². The number of phenolic OH excluding ortho intramolecular Hbond substituents is 1. The van der Waals surface area contributed by atoms with Crippen molar-refractivity contribution in [2.24, 2.45) is 0 Å². The minimum Gasteiger partial charge on any atom is -0.507 e. The van der Waals surface area contributed by atoms with Crippen LogP contribution in [0.1, 0.15) is 16.7 Å². The zero-order chi connectivity index (χ0) is 10.0. The van der Waals surface area contributed by atoms with Crippen molar-refractivity contribution in [3.63, 3.8) is 0 Å². The normalized spacial score (nSPS) is 10.0. The molecule has 0 atom stereocenters. The third-order valence-corrected chi connectivity index (χ3v) is 1.91. The molecule has 0 amide bonds. The van der Waals surface area contributed by atoms with E-state index in [0.717, 1.165) is 16.7 Å². The topological polar surface area (TPSA) is 57.5 Å². The molecule has 0 radical (unpaired) electrons. The molecule has 0 heterocycles. The van der Waals surface area contributed by atoms with Crippen molar-refractivity contribution in [1.82, 2.24) is 0 Å².